The second-order valence-electron chi connectivity index (χ2n) is 5.80. The number of aliphatic carboxylic acids is 1. The number of amides is 1. The van der Waals surface area contributed by atoms with Crippen molar-refractivity contribution in [2.45, 2.75) is 13.3 Å². The molecule has 0 spiro atoms. The van der Waals surface area contributed by atoms with Crippen molar-refractivity contribution in [3.8, 4) is 11.3 Å². The molecule has 1 aliphatic rings. The molecular formula is C16H14N4O3S. The van der Waals surface area contributed by atoms with Gasteiger partial charge in [0, 0.05) is 28.2 Å². The van der Waals surface area contributed by atoms with Crippen LogP contribution in [-0.4, -0.2) is 31.9 Å². The molecule has 1 amide bonds. The first-order valence-electron chi connectivity index (χ1n) is 7.48. The topological polar surface area (TPSA) is 108 Å². The molecule has 1 saturated carbocycles. The Hall–Kier alpha value is -2.74. The first-order chi connectivity index (χ1) is 11.5. The number of carboxylic acid groups (broad SMARTS) is 1. The number of aromatic nitrogens is 3. The van der Waals surface area contributed by atoms with Crippen molar-refractivity contribution in [2.24, 2.45) is 11.8 Å². The number of carboxylic acids is 1. The summed E-state index contributed by atoms with van der Waals surface area (Å²) in [4.78, 5) is 35.8. The number of fused-ring (bicyclic) bond motifs is 1. The summed E-state index contributed by atoms with van der Waals surface area (Å²) in [6.45, 7) is 1.94. The SMILES string of the molecule is Cc1sc(NC(=O)[C@@H]2C[C@H]2C(=O)O)nc1-c1c[nH]c2ncccc12. The molecule has 1 fully saturated rings. The second-order valence-corrected chi connectivity index (χ2v) is 7.01. The van der Waals surface area contributed by atoms with Gasteiger partial charge in [0.05, 0.1) is 17.5 Å². The van der Waals surface area contributed by atoms with Crippen molar-refractivity contribution < 1.29 is 14.7 Å². The molecule has 24 heavy (non-hydrogen) atoms. The first-order valence-corrected chi connectivity index (χ1v) is 8.30. The van der Waals surface area contributed by atoms with Gasteiger partial charge in [-0.05, 0) is 25.5 Å². The summed E-state index contributed by atoms with van der Waals surface area (Å²) in [7, 11) is 0. The Kier molecular flexibility index (Phi) is 3.34. The fourth-order valence-electron chi connectivity index (χ4n) is 2.81. The summed E-state index contributed by atoms with van der Waals surface area (Å²) < 4.78 is 0. The first kappa shape index (κ1) is 14.8. The summed E-state index contributed by atoms with van der Waals surface area (Å²) in [5, 5.41) is 13.1. The lowest BCUT2D eigenvalue weighted by Crippen LogP contribution is -2.16. The number of rotatable bonds is 4. The van der Waals surface area contributed by atoms with Crippen LogP contribution in [0.2, 0.25) is 0 Å². The molecular weight excluding hydrogens is 328 g/mol. The molecule has 3 aromatic heterocycles. The van der Waals surface area contributed by atoms with E-state index in [-0.39, 0.29) is 5.91 Å². The van der Waals surface area contributed by atoms with Gasteiger partial charge in [-0.3, -0.25) is 9.59 Å². The van der Waals surface area contributed by atoms with Crippen molar-refractivity contribution in [2.75, 3.05) is 5.32 Å². The number of aromatic amines is 1. The third-order valence-electron chi connectivity index (χ3n) is 4.18. The zero-order chi connectivity index (χ0) is 16.8. The molecule has 3 heterocycles. The van der Waals surface area contributed by atoms with Gasteiger partial charge in [-0.2, -0.15) is 0 Å². The van der Waals surface area contributed by atoms with Crippen LogP contribution < -0.4 is 5.32 Å². The minimum absolute atomic E-state index is 0.275. The van der Waals surface area contributed by atoms with Crippen LogP contribution in [0.15, 0.2) is 24.5 Å². The minimum atomic E-state index is -0.919. The lowest BCUT2D eigenvalue weighted by Gasteiger charge is -1.99. The molecule has 4 rings (SSSR count). The molecule has 122 valence electrons. The van der Waals surface area contributed by atoms with Gasteiger partial charge in [0.15, 0.2) is 5.13 Å². The number of hydrogen-bond acceptors (Lipinski definition) is 5. The predicted molar refractivity (Wildman–Crippen MR) is 89.8 cm³/mol. The van der Waals surface area contributed by atoms with Gasteiger partial charge in [0.25, 0.3) is 0 Å². The molecule has 0 aliphatic heterocycles. The minimum Gasteiger partial charge on any atom is -0.481 e. The van der Waals surface area contributed by atoms with Gasteiger partial charge in [-0.15, -0.1) is 11.3 Å². The number of anilines is 1. The van der Waals surface area contributed by atoms with E-state index in [9.17, 15) is 9.59 Å². The maximum Gasteiger partial charge on any atom is 0.307 e. The lowest BCUT2D eigenvalue weighted by molar-refractivity contribution is -0.139. The third kappa shape index (κ3) is 2.44. The molecule has 3 aromatic rings. The smallest absolute Gasteiger partial charge is 0.307 e. The molecule has 1 aliphatic carbocycles. The fraction of sp³-hybridized carbons (Fsp3) is 0.250. The van der Waals surface area contributed by atoms with Crippen LogP contribution in [0, 0.1) is 18.8 Å². The molecule has 0 unspecified atom stereocenters. The predicted octanol–water partition coefficient (Wildman–Crippen LogP) is 2.65. The van der Waals surface area contributed by atoms with Crippen LogP contribution in [0.25, 0.3) is 22.3 Å². The van der Waals surface area contributed by atoms with E-state index in [4.69, 9.17) is 5.11 Å². The van der Waals surface area contributed by atoms with E-state index in [1.165, 1.54) is 11.3 Å². The quantitative estimate of drug-likeness (QED) is 0.675. The monoisotopic (exact) mass is 342 g/mol. The van der Waals surface area contributed by atoms with Gasteiger partial charge in [-0.25, -0.2) is 9.97 Å². The summed E-state index contributed by atoms with van der Waals surface area (Å²) in [6, 6.07) is 3.83. The highest BCUT2D eigenvalue weighted by Crippen LogP contribution is 2.40. The van der Waals surface area contributed by atoms with Crippen LogP contribution in [0.1, 0.15) is 11.3 Å². The zero-order valence-electron chi connectivity index (χ0n) is 12.7. The van der Waals surface area contributed by atoms with Gasteiger partial charge in [0.2, 0.25) is 5.91 Å². The van der Waals surface area contributed by atoms with E-state index in [0.717, 1.165) is 27.2 Å². The Morgan fingerprint density at radius 2 is 2.25 bits per heavy atom. The van der Waals surface area contributed by atoms with E-state index >= 15 is 0 Å². The molecule has 7 nitrogen and oxygen atoms in total. The van der Waals surface area contributed by atoms with Crippen molar-refractivity contribution in [3.05, 3.63) is 29.4 Å². The zero-order valence-corrected chi connectivity index (χ0v) is 13.6. The number of pyridine rings is 1. The lowest BCUT2D eigenvalue weighted by atomic mass is 10.1. The Morgan fingerprint density at radius 1 is 1.42 bits per heavy atom. The number of nitrogens with zero attached hydrogens (tertiary/aromatic N) is 2. The molecule has 0 saturated heterocycles. The van der Waals surface area contributed by atoms with Gasteiger partial charge >= 0.3 is 5.97 Å². The van der Waals surface area contributed by atoms with Crippen LogP contribution in [0.5, 0.6) is 0 Å². The number of H-pyrrole nitrogens is 1. The molecule has 8 heteroatoms. The van der Waals surface area contributed by atoms with Crippen molar-refractivity contribution in [1.82, 2.24) is 15.0 Å². The highest BCUT2D eigenvalue weighted by Gasteiger charge is 2.48. The Morgan fingerprint density at radius 3 is 3.00 bits per heavy atom. The molecule has 2 atom stereocenters. The van der Waals surface area contributed by atoms with Crippen molar-refractivity contribution >= 4 is 39.4 Å². The van der Waals surface area contributed by atoms with Crippen LogP contribution in [-0.2, 0) is 9.59 Å². The standard InChI is InChI=1S/C16H14N4O3S/c1-7-12(11-6-18-13-8(11)3-2-4-17-13)19-16(24-7)20-14(21)9-5-10(9)15(22)23/h2-4,6,9-10H,5H2,1H3,(H,17,18)(H,22,23)(H,19,20,21)/t9-,10-/m1/s1. The largest absolute Gasteiger partial charge is 0.481 e. The van der Waals surface area contributed by atoms with E-state index in [2.05, 4.69) is 20.3 Å². The van der Waals surface area contributed by atoms with Crippen LogP contribution >= 0.6 is 11.3 Å². The van der Waals surface area contributed by atoms with Gasteiger partial charge in [-0.1, -0.05) is 0 Å². The number of carbonyl (C=O) groups excluding carboxylic acids is 1. The summed E-state index contributed by atoms with van der Waals surface area (Å²) in [5.41, 5.74) is 2.51. The number of carbonyl (C=O) groups is 2. The Labute approximate surface area is 140 Å². The van der Waals surface area contributed by atoms with E-state index in [0.29, 0.717) is 11.6 Å². The van der Waals surface area contributed by atoms with E-state index < -0.39 is 17.8 Å². The number of nitrogens with one attached hydrogen (secondary N) is 2. The summed E-state index contributed by atoms with van der Waals surface area (Å²) in [6.07, 6.45) is 3.97. The summed E-state index contributed by atoms with van der Waals surface area (Å²) in [5.74, 6) is -2.21. The van der Waals surface area contributed by atoms with E-state index in [1.54, 1.807) is 6.20 Å². The average Bonchev–Trinajstić information content (AvgIpc) is 3.15. The summed E-state index contributed by atoms with van der Waals surface area (Å²) >= 11 is 1.38. The molecule has 3 N–H and O–H groups in total. The maximum atomic E-state index is 12.1. The number of hydrogen-bond donors (Lipinski definition) is 3. The Bertz CT molecular complexity index is 961. The molecule has 0 aromatic carbocycles. The number of thiazole rings is 1. The highest BCUT2D eigenvalue weighted by molar-refractivity contribution is 7.16. The average molecular weight is 342 g/mol. The number of aryl methyl sites for hydroxylation is 1. The van der Waals surface area contributed by atoms with Crippen LogP contribution in [0.3, 0.4) is 0 Å². The molecule has 0 radical (unpaired) electrons. The Balaban J connectivity index is 1.59. The fourth-order valence-corrected chi connectivity index (χ4v) is 3.64. The second kappa shape index (κ2) is 5.41. The normalized spacial score (nSPS) is 19.4. The van der Waals surface area contributed by atoms with Crippen molar-refractivity contribution in [1.29, 1.82) is 0 Å². The van der Waals surface area contributed by atoms with Crippen LogP contribution in [0.4, 0.5) is 5.13 Å². The van der Waals surface area contributed by atoms with Crippen molar-refractivity contribution in [3.63, 3.8) is 0 Å². The highest BCUT2D eigenvalue weighted by atomic mass is 32.1. The third-order valence-corrected chi connectivity index (χ3v) is 5.06. The maximum absolute atomic E-state index is 12.1. The van der Waals surface area contributed by atoms with Gasteiger partial charge < -0.3 is 15.4 Å². The molecule has 0 bridgehead atoms. The van der Waals surface area contributed by atoms with Gasteiger partial charge in [0.1, 0.15) is 5.65 Å². The van der Waals surface area contributed by atoms with E-state index in [1.807, 2.05) is 25.3 Å².